The molecule has 0 radical (unpaired) electrons. The van der Waals surface area contributed by atoms with Gasteiger partial charge in [0.15, 0.2) is 0 Å². The number of imidazole rings is 1. The summed E-state index contributed by atoms with van der Waals surface area (Å²) in [5, 5.41) is 12.9. The van der Waals surface area contributed by atoms with Crippen molar-refractivity contribution in [2.75, 3.05) is 13.6 Å². The summed E-state index contributed by atoms with van der Waals surface area (Å²) in [7, 11) is 1.81. The topological polar surface area (TPSA) is 70.4 Å². The van der Waals surface area contributed by atoms with Gasteiger partial charge in [-0.25, -0.2) is 9.78 Å². The Morgan fingerprint density at radius 3 is 3.17 bits per heavy atom. The van der Waals surface area contributed by atoms with E-state index in [2.05, 4.69) is 10.3 Å². The van der Waals surface area contributed by atoms with Crippen molar-refractivity contribution in [2.24, 2.45) is 0 Å². The van der Waals surface area contributed by atoms with Crippen LogP contribution in [0.15, 0.2) is 36.9 Å². The number of fused-ring (bicyclic) bond motifs is 1. The van der Waals surface area contributed by atoms with E-state index in [0.29, 0.717) is 12.3 Å². The molecular weight excluding hydrogens is 292 g/mol. The fraction of sp³-hybridized carbons (Fsp3) is 0.412. The summed E-state index contributed by atoms with van der Waals surface area (Å²) < 4.78 is 2.00. The van der Waals surface area contributed by atoms with E-state index in [4.69, 9.17) is 0 Å². The number of urea groups is 1. The molecule has 2 N–H and O–H groups in total. The van der Waals surface area contributed by atoms with Gasteiger partial charge in [-0.05, 0) is 36.5 Å². The van der Waals surface area contributed by atoms with E-state index in [1.807, 2.05) is 29.9 Å². The van der Waals surface area contributed by atoms with Gasteiger partial charge in [0, 0.05) is 32.5 Å². The predicted octanol–water partition coefficient (Wildman–Crippen LogP) is 2.31. The highest BCUT2D eigenvalue weighted by atomic mass is 16.3. The average Bonchev–Trinajstić information content (AvgIpc) is 3.18. The molecule has 0 saturated carbocycles. The van der Waals surface area contributed by atoms with Crippen LogP contribution in [-0.4, -0.2) is 39.2 Å². The third kappa shape index (κ3) is 3.47. The largest absolute Gasteiger partial charge is 0.508 e. The summed E-state index contributed by atoms with van der Waals surface area (Å²) in [5.41, 5.74) is 1.99. The first kappa shape index (κ1) is 15.4. The third-order valence-corrected chi connectivity index (χ3v) is 4.36. The van der Waals surface area contributed by atoms with E-state index in [1.54, 1.807) is 23.5 Å². The average molecular weight is 314 g/mol. The molecule has 6 nitrogen and oxygen atoms in total. The Morgan fingerprint density at radius 1 is 1.52 bits per heavy atom. The Balaban J connectivity index is 1.50. The highest BCUT2D eigenvalue weighted by molar-refractivity contribution is 5.74. The van der Waals surface area contributed by atoms with Crippen LogP contribution in [0.1, 0.15) is 30.0 Å². The highest BCUT2D eigenvalue weighted by Gasteiger charge is 2.26. The summed E-state index contributed by atoms with van der Waals surface area (Å²) >= 11 is 0. The number of hydrogen-bond acceptors (Lipinski definition) is 3. The normalized spacial score (nSPS) is 16.1. The maximum absolute atomic E-state index is 12.3. The molecule has 1 aromatic heterocycles. The minimum atomic E-state index is -0.0724. The molecule has 0 unspecified atom stereocenters. The van der Waals surface area contributed by atoms with Crippen molar-refractivity contribution in [3.8, 4) is 5.75 Å². The Morgan fingerprint density at radius 2 is 2.39 bits per heavy atom. The lowest BCUT2D eigenvalue weighted by atomic mass is 10.1. The van der Waals surface area contributed by atoms with E-state index in [1.165, 1.54) is 0 Å². The predicted molar refractivity (Wildman–Crippen MR) is 87.2 cm³/mol. The van der Waals surface area contributed by atoms with E-state index in [9.17, 15) is 9.90 Å². The molecule has 1 aromatic carbocycles. The van der Waals surface area contributed by atoms with Gasteiger partial charge in [0.25, 0.3) is 0 Å². The maximum atomic E-state index is 12.3. The lowest BCUT2D eigenvalue weighted by molar-refractivity contribution is 0.203. The molecule has 2 aromatic rings. The van der Waals surface area contributed by atoms with Gasteiger partial charge in [0.1, 0.15) is 5.75 Å². The first-order chi connectivity index (χ1) is 11.1. The number of aryl methyl sites for hydroxylation is 1. The van der Waals surface area contributed by atoms with Crippen LogP contribution < -0.4 is 5.32 Å². The Labute approximate surface area is 135 Å². The van der Waals surface area contributed by atoms with Crippen LogP contribution in [0, 0.1) is 0 Å². The summed E-state index contributed by atoms with van der Waals surface area (Å²) in [5.74, 6) is 0.327. The molecule has 1 aliphatic rings. The zero-order chi connectivity index (χ0) is 16.2. The molecule has 122 valence electrons. The van der Waals surface area contributed by atoms with Crippen molar-refractivity contribution in [1.82, 2.24) is 19.8 Å². The smallest absolute Gasteiger partial charge is 0.317 e. The van der Waals surface area contributed by atoms with Gasteiger partial charge in [0.05, 0.1) is 12.4 Å². The molecule has 0 bridgehead atoms. The van der Waals surface area contributed by atoms with E-state index in [-0.39, 0.29) is 12.1 Å². The van der Waals surface area contributed by atoms with E-state index >= 15 is 0 Å². The number of hydrogen-bond donors (Lipinski definition) is 2. The van der Waals surface area contributed by atoms with Gasteiger partial charge in [-0.2, -0.15) is 0 Å². The molecule has 6 heteroatoms. The van der Waals surface area contributed by atoms with Crippen LogP contribution in [-0.2, 0) is 13.0 Å². The van der Waals surface area contributed by atoms with Gasteiger partial charge >= 0.3 is 6.03 Å². The number of nitrogens with one attached hydrogen (secondary N) is 1. The van der Waals surface area contributed by atoms with E-state index < -0.39 is 0 Å². The molecule has 1 heterocycles. The fourth-order valence-corrected chi connectivity index (χ4v) is 3.06. The summed E-state index contributed by atoms with van der Waals surface area (Å²) in [4.78, 5) is 18.0. The molecular formula is C17H22N4O2. The molecule has 1 aliphatic carbocycles. The second-order valence-electron chi connectivity index (χ2n) is 5.96. The Kier molecular flexibility index (Phi) is 4.50. The van der Waals surface area contributed by atoms with Crippen LogP contribution in [0.3, 0.4) is 0 Å². The van der Waals surface area contributed by atoms with Crippen molar-refractivity contribution in [3.05, 3.63) is 48.0 Å². The molecule has 0 fully saturated rings. The SMILES string of the molecule is CN(CCCn1ccnc1)C(=O)N[C@H]1CCc2c(O)cccc21. The molecule has 1 atom stereocenters. The van der Waals surface area contributed by atoms with Gasteiger partial charge < -0.3 is 19.9 Å². The lowest BCUT2D eigenvalue weighted by Crippen LogP contribution is -2.39. The number of phenols is 1. The number of rotatable bonds is 5. The molecule has 0 saturated heterocycles. The zero-order valence-corrected chi connectivity index (χ0v) is 13.3. The number of phenolic OH excluding ortho intramolecular Hbond substituents is 1. The van der Waals surface area contributed by atoms with Crippen molar-refractivity contribution < 1.29 is 9.90 Å². The zero-order valence-electron chi connectivity index (χ0n) is 13.3. The van der Waals surface area contributed by atoms with Crippen LogP contribution >= 0.6 is 0 Å². The van der Waals surface area contributed by atoms with Gasteiger partial charge in [-0.1, -0.05) is 12.1 Å². The van der Waals surface area contributed by atoms with Gasteiger partial charge in [-0.3, -0.25) is 0 Å². The van der Waals surface area contributed by atoms with Crippen molar-refractivity contribution in [2.45, 2.75) is 31.8 Å². The van der Waals surface area contributed by atoms with Crippen LogP contribution in [0.5, 0.6) is 5.75 Å². The molecule has 0 aliphatic heterocycles. The standard InChI is InChI=1S/C17H22N4O2/c1-20(9-3-10-21-11-8-18-12-21)17(23)19-15-7-6-14-13(15)4-2-5-16(14)22/h2,4-5,8,11-12,15,22H,3,6-7,9-10H2,1H3,(H,19,23)/t15-/m0/s1. The number of nitrogens with zero attached hydrogens (tertiary/aromatic N) is 3. The molecule has 2 amide bonds. The Bertz CT molecular complexity index is 669. The number of aromatic hydroxyl groups is 1. The first-order valence-electron chi connectivity index (χ1n) is 7.93. The van der Waals surface area contributed by atoms with Crippen molar-refractivity contribution in [3.63, 3.8) is 0 Å². The summed E-state index contributed by atoms with van der Waals surface area (Å²) in [6, 6.07) is 5.42. The van der Waals surface area contributed by atoms with Gasteiger partial charge in [-0.15, -0.1) is 0 Å². The third-order valence-electron chi connectivity index (χ3n) is 4.36. The quantitative estimate of drug-likeness (QED) is 0.889. The number of amides is 2. The van der Waals surface area contributed by atoms with Crippen LogP contribution in [0.25, 0.3) is 0 Å². The number of aromatic nitrogens is 2. The molecule has 23 heavy (non-hydrogen) atoms. The second kappa shape index (κ2) is 6.73. The summed E-state index contributed by atoms with van der Waals surface area (Å²) in [6.07, 6.45) is 7.97. The van der Waals surface area contributed by atoms with Gasteiger partial charge in [0.2, 0.25) is 0 Å². The monoisotopic (exact) mass is 314 g/mol. The molecule has 3 rings (SSSR count). The van der Waals surface area contributed by atoms with Crippen LogP contribution in [0.4, 0.5) is 4.79 Å². The second-order valence-corrected chi connectivity index (χ2v) is 5.96. The fourth-order valence-electron chi connectivity index (χ4n) is 3.06. The van der Waals surface area contributed by atoms with Crippen molar-refractivity contribution in [1.29, 1.82) is 0 Å². The van der Waals surface area contributed by atoms with E-state index in [0.717, 1.165) is 36.9 Å². The molecule has 0 spiro atoms. The first-order valence-corrected chi connectivity index (χ1v) is 7.93. The van der Waals surface area contributed by atoms with Crippen LogP contribution in [0.2, 0.25) is 0 Å². The minimum absolute atomic E-state index is 0.0132. The number of benzene rings is 1. The maximum Gasteiger partial charge on any atom is 0.317 e. The Hall–Kier alpha value is -2.50. The number of carbonyl (C=O) groups excluding carboxylic acids is 1. The van der Waals surface area contributed by atoms with Crippen molar-refractivity contribution >= 4 is 6.03 Å². The lowest BCUT2D eigenvalue weighted by Gasteiger charge is -2.21. The highest BCUT2D eigenvalue weighted by Crippen LogP contribution is 2.36. The number of carbonyl (C=O) groups is 1. The summed E-state index contributed by atoms with van der Waals surface area (Å²) in [6.45, 7) is 1.53. The minimum Gasteiger partial charge on any atom is -0.508 e.